The van der Waals surface area contributed by atoms with E-state index in [0.29, 0.717) is 24.4 Å². The molecule has 2 heterocycles. The summed E-state index contributed by atoms with van der Waals surface area (Å²) in [5, 5.41) is 0. The predicted octanol–water partition coefficient (Wildman–Crippen LogP) is 2.34. The smallest absolute Gasteiger partial charge is 0.324 e. The number of anilines is 1. The first kappa shape index (κ1) is 20.1. The Hall–Kier alpha value is -2.65. The van der Waals surface area contributed by atoms with Gasteiger partial charge in [-0.3, -0.25) is 9.52 Å². The summed E-state index contributed by atoms with van der Waals surface area (Å²) in [5.41, 5.74) is 1.14. The zero-order valence-corrected chi connectivity index (χ0v) is 16.4. The second kappa shape index (κ2) is 9.03. The Bertz CT molecular complexity index is 888. The Balaban J connectivity index is 1.69. The topological polar surface area (TPSA) is 97.8 Å². The molecule has 0 saturated carbocycles. The predicted molar refractivity (Wildman–Crippen MR) is 104 cm³/mol. The summed E-state index contributed by atoms with van der Waals surface area (Å²) in [6.07, 6.45) is 3.24. The maximum Gasteiger partial charge on any atom is 0.324 e. The SMILES string of the molecule is COc1ccc(NS(=O)(=O)N2CCCCC2C(=O)OCc2ccccc2)cn1. The minimum atomic E-state index is -3.93. The molecule has 2 aromatic rings. The molecule has 1 atom stereocenters. The van der Waals surface area contributed by atoms with Crippen molar-refractivity contribution in [3.8, 4) is 5.88 Å². The lowest BCUT2D eigenvalue weighted by Gasteiger charge is -2.33. The van der Waals surface area contributed by atoms with E-state index in [0.717, 1.165) is 12.0 Å². The van der Waals surface area contributed by atoms with Crippen LogP contribution in [0.4, 0.5) is 5.69 Å². The van der Waals surface area contributed by atoms with Gasteiger partial charge < -0.3 is 9.47 Å². The summed E-state index contributed by atoms with van der Waals surface area (Å²) < 4.78 is 39.7. The van der Waals surface area contributed by atoms with Crippen LogP contribution in [0.25, 0.3) is 0 Å². The van der Waals surface area contributed by atoms with Crippen molar-refractivity contribution >= 4 is 21.9 Å². The second-order valence-electron chi connectivity index (χ2n) is 6.41. The molecule has 0 bridgehead atoms. The van der Waals surface area contributed by atoms with Crippen LogP contribution in [0.1, 0.15) is 24.8 Å². The first-order valence-electron chi connectivity index (χ1n) is 9.00. The summed E-state index contributed by atoms with van der Waals surface area (Å²) in [5.74, 6) is -0.162. The Morgan fingerprint density at radius 2 is 2.00 bits per heavy atom. The van der Waals surface area contributed by atoms with Crippen LogP contribution in [0, 0.1) is 0 Å². The molecule has 3 rings (SSSR count). The van der Waals surface area contributed by atoms with Crippen molar-refractivity contribution in [3.05, 3.63) is 54.2 Å². The van der Waals surface area contributed by atoms with Crippen molar-refractivity contribution in [3.63, 3.8) is 0 Å². The lowest BCUT2D eigenvalue weighted by molar-refractivity contribution is -0.150. The molecule has 9 heteroatoms. The summed E-state index contributed by atoms with van der Waals surface area (Å²) in [4.78, 5) is 16.6. The number of ether oxygens (including phenoxy) is 2. The molecular weight excluding hydrogens is 382 g/mol. The van der Waals surface area contributed by atoms with Gasteiger partial charge in [0, 0.05) is 12.6 Å². The van der Waals surface area contributed by atoms with Gasteiger partial charge in [0.15, 0.2) is 0 Å². The fourth-order valence-electron chi connectivity index (χ4n) is 3.02. The molecule has 1 aliphatic rings. The molecular formula is C19H23N3O5S. The van der Waals surface area contributed by atoms with Crippen LogP contribution in [0.15, 0.2) is 48.7 Å². The van der Waals surface area contributed by atoms with E-state index in [2.05, 4.69) is 9.71 Å². The molecule has 150 valence electrons. The molecule has 0 spiro atoms. The van der Waals surface area contributed by atoms with Crippen LogP contribution in [-0.2, 0) is 26.3 Å². The molecule has 1 aliphatic heterocycles. The van der Waals surface area contributed by atoms with Gasteiger partial charge in [0.1, 0.15) is 12.6 Å². The van der Waals surface area contributed by atoms with Gasteiger partial charge in [-0.1, -0.05) is 30.3 Å². The van der Waals surface area contributed by atoms with Crippen LogP contribution in [0.5, 0.6) is 5.88 Å². The van der Waals surface area contributed by atoms with Gasteiger partial charge in [0.05, 0.1) is 19.0 Å². The molecule has 0 radical (unpaired) electrons. The molecule has 1 N–H and O–H groups in total. The number of pyridine rings is 1. The van der Waals surface area contributed by atoms with Crippen LogP contribution >= 0.6 is 0 Å². The van der Waals surface area contributed by atoms with Gasteiger partial charge in [-0.15, -0.1) is 0 Å². The minimum absolute atomic E-state index is 0.111. The number of esters is 1. The Morgan fingerprint density at radius 3 is 2.68 bits per heavy atom. The Kier molecular flexibility index (Phi) is 6.48. The first-order valence-corrected chi connectivity index (χ1v) is 10.4. The van der Waals surface area contributed by atoms with Crippen LogP contribution in [-0.4, -0.2) is 43.4 Å². The zero-order chi connectivity index (χ0) is 20.0. The fraction of sp³-hybridized carbons (Fsp3) is 0.368. The lowest BCUT2D eigenvalue weighted by Crippen LogP contribution is -2.50. The van der Waals surface area contributed by atoms with Crippen LogP contribution in [0.3, 0.4) is 0 Å². The number of aromatic nitrogens is 1. The van der Waals surface area contributed by atoms with Crippen molar-refractivity contribution in [2.75, 3.05) is 18.4 Å². The third-order valence-corrected chi connectivity index (χ3v) is 6.00. The van der Waals surface area contributed by atoms with Crippen molar-refractivity contribution in [2.45, 2.75) is 31.9 Å². The Morgan fingerprint density at radius 1 is 1.21 bits per heavy atom. The number of methoxy groups -OCH3 is 1. The van der Waals surface area contributed by atoms with E-state index >= 15 is 0 Å². The fourth-order valence-corrected chi connectivity index (χ4v) is 4.45. The van der Waals surface area contributed by atoms with Crippen molar-refractivity contribution < 1.29 is 22.7 Å². The number of carbonyl (C=O) groups is 1. The summed E-state index contributed by atoms with van der Waals surface area (Å²) in [6.45, 7) is 0.365. The van der Waals surface area contributed by atoms with E-state index in [9.17, 15) is 13.2 Å². The monoisotopic (exact) mass is 405 g/mol. The van der Waals surface area contributed by atoms with Gasteiger partial charge >= 0.3 is 16.2 Å². The van der Waals surface area contributed by atoms with E-state index in [1.165, 1.54) is 17.6 Å². The number of rotatable bonds is 7. The molecule has 1 fully saturated rings. The molecule has 1 saturated heterocycles. The van der Waals surface area contributed by atoms with Gasteiger partial charge in [0.25, 0.3) is 0 Å². The number of nitrogens with one attached hydrogen (secondary N) is 1. The molecule has 1 aromatic heterocycles. The highest BCUT2D eigenvalue weighted by Crippen LogP contribution is 2.24. The van der Waals surface area contributed by atoms with E-state index in [4.69, 9.17) is 9.47 Å². The number of hydrogen-bond acceptors (Lipinski definition) is 6. The van der Waals surface area contributed by atoms with Gasteiger partial charge in [-0.2, -0.15) is 12.7 Å². The third-order valence-electron chi connectivity index (χ3n) is 4.45. The van der Waals surface area contributed by atoms with Crippen molar-refractivity contribution in [2.24, 2.45) is 0 Å². The molecule has 8 nitrogen and oxygen atoms in total. The summed E-state index contributed by atoms with van der Waals surface area (Å²) in [7, 11) is -2.45. The molecule has 1 aromatic carbocycles. The van der Waals surface area contributed by atoms with E-state index in [1.54, 1.807) is 12.1 Å². The highest BCUT2D eigenvalue weighted by Gasteiger charge is 2.38. The van der Waals surface area contributed by atoms with E-state index in [-0.39, 0.29) is 13.2 Å². The van der Waals surface area contributed by atoms with Crippen LogP contribution in [0.2, 0.25) is 0 Å². The lowest BCUT2D eigenvalue weighted by atomic mass is 10.1. The highest BCUT2D eigenvalue weighted by molar-refractivity contribution is 7.90. The number of nitrogens with zero attached hydrogens (tertiary/aromatic N) is 2. The van der Waals surface area contributed by atoms with Gasteiger partial charge in [0.2, 0.25) is 5.88 Å². The number of carbonyl (C=O) groups excluding carboxylic acids is 1. The standard InChI is InChI=1S/C19H23N3O5S/c1-26-18-11-10-16(13-20-18)21-28(24,25)22-12-6-5-9-17(22)19(23)27-14-15-7-3-2-4-8-15/h2-4,7-8,10-11,13,17,21H,5-6,9,12,14H2,1H3. The maximum absolute atomic E-state index is 12.8. The Labute approximate surface area is 164 Å². The maximum atomic E-state index is 12.8. The quantitative estimate of drug-likeness (QED) is 0.710. The number of hydrogen-bond donors (Lipinski definition) is 1. The zero-order valence-electron chi connectivity index (χ0n) is 15.6. The number of piperidine rings is 1. The molecule has 0 aliphatic carbocycles. The molecule has 1 unspecified atom stereocenters. The van der Waals surface area contributed by atoms with E-state index < -0.39 is 22.2 Å². The number of benzene rings is 1. The average molecular weight is 405 g/mol. The van der Waals surface area contributed by atoms with Gasteiger partial charge in [-0.05, 0) is 30.9 Å². The normalized spacial score (nSPS) is 17.7. The molecule has 0 amide bonds. The summed E-state index contributed by atoms with van der Waals surface area (Å²) >= 11 is 0. The second-order valence-corrected chi connectivity index (χ2v) is 8.04. The largest absolute Gasteiger partial charge is 0.481 e. The average Bonchev–Trinajstić information content (AvgIpc) is 2.73. The van der Waals surface area contributed by atoms with Gasteiger partial charge in [-0.25, -0.2) is 4.98 Å². The molecule has 28 heavy (non-hydrogen) atoms. The van der Waals surface area contributed by atoms with Crippen molar-refractivity contribution in [1.29, 1.82) is 0 Å². The minimum Gasteiger partial charge on any atom is -0.481 e. The van der Waals surface area contributed by atoms with Crippen molar-refractivity contribution in [1.82, 2.24) is 9.29 Å². The van der Waals surface area contributed by atoms with Crippen LogP contribution < -0.4 is 9.46 Å². The highest BCUT2D eigenvalue weighted by atomic mass is 32.2. The summed E-state index contributed by atoms with van der Waals surface area (Å²) in [6, 6.07) is 11.5. The third kappa shape index (κ3) is 4.99. The van der Waals surface area contributed by atoms with E-state index in [1.807, 2.05) is 30.3 Å². The first-order chi connectivity index (χ1) is 13.5.